The molecule has 0 aromatic carbocycles. The predicted octanol–water partition coefficient (Wildman–Crippen LogP) is 2.25. The van der Waals surface area contributed by atoms with Gasteiger partial charge in [-0.15, -0.1) is 0 Å². The largest absolute Gasteiger partial charge is 0.394 e. The fourth-order valence-electron chi connectivity index (χ4n) is 1.36. The van der Waals surface area contributed by atoms with E-state index in [4.69, 9.17) is 5.73 Å². The number of hydrogen-bond acceptors (Lipinski definition) is 3. The number of rotatable bonds is 3. The summed E-state index contributed by atoms with van der Waals surface area (Å²) in [6.07, 6.45) is 0. The van der Waals surface area contributed by atoms with Gasteiger partial charge in [0.15, 0.2) is 0 Å². The van der Waals surface area contributed by atoms with Crippen LogP contribution >= 0.6 is 0 Å². The molecule has 0 amide bonds. The lowest BCUT2D eigenvalue weighted by atomic mass is 9.97. The fraction of sp³-hybridized carbons (Fsp3) is 0.727. The molecule has 1 aromatic heterocycles. The van der Waals surface area contributed by atoms with Gasteiger partial charge in [-0.1, -0.05) is 20.8 Å². The minimum absolute atomic E-state index is 0.239. The molecule has 0 unspecified atom stereocenters. The minimum atomic E-state index is 0.239. The van der Waals surface area contributed by atoms with Crippen molar-refractivity contribution in [1.29, 1.82) is 0 Å². The normalized spacial score (nSPS) is 11.8. The van der Waals surface area contributed by atoms with Crippen molar-refractivity contribution in [3.05, 3.63) is 5.69 Å². The van der Waals surface area contributed by atoms with Crippen molar-refractivity contribution in [3.8, 4) is 0 Å². The average molecular weight is 210 g/mol. The van der Waals surface area contributed by atoms with Gasteiger partial charge in [0.05, 0.1) is 11.4 Å². The van der Waals surface area contributed by atoms with Crippen molar-refractivity contribution >= 4 is 11.5 Å². The number of aromatic nitrogens is 2. The Morgan fingerprint density at radius 2 is 2.00 bits per heavy atom. The second kappa shape index (κ2) is 4.13. The maximum absolute atomic E-state index is 5.96. The van der Waals surface area contributed by atoms with Crippen LogP contribution in [0, 0.1) is 12.3 Å². The monoisotopic (exact) mass is 210 g/mol. The summed E-state index contributed by atoms with van der Waals surface area (Å²) in [5, 5.41) is 7.73. The maximum Gasteiger partial charge on any atom is 0.148 e. The van der Waals surface area contributed by atoms with E-state index >= 15 is 0 Å². The summed E-state index contributed by atoms with van der Waals surface area (Å²) in [6.45, 7) is 12.3. The van der Waals surface area contributed by atoms with Crippen molar-refractivity contribution in [2.24, 2.45) is 5.41 Å². The highest BCUT2D eigenvalue weighted by molar-refractivity contribution is 5.64. The number of nitrogen functional groups attached to an aromatic ring is 1. The van der Waals surface area contributed by atoms with Gasteiger partial charge < -0.3 is 11.1 Å². The third-order valence-corrected chi connectivity index (χ3v) is 2.26. The predicted molar refractivity (Wildman–Crippen MR) is 65.0 cm³/mol. The van der Waals surface area contributed by atoms with Crippen LogP contribution in [-0.2, 0) is 6.54 Å². The lowest BCUT2D eigenvalue weighted by molar-refractivity contribution is 0.441. The van der Waals surface area contributed by atoms with E-state index in [0.29, 0.717) is 0 Å². The van der Waals surface area contributed by atoms with Crippen LogP contribution in [-0.4, -0.2) is 16.3 Å². The summed E-state index contributed by atoms with van der Waals surface area (Å²) in [4.78, 5) is 0. The summed E-state index contributed by atoms with van der Waals surface area (Å²) >= 11 is 0. The molecule has 0 saturated carbocycles. The number of hydrogen-bond donors (Lipinski definition) is 2. The van der Waals surface area contributed by atoms with Crippen molar-refractivity contribution in [2.75, 3.05) is 17.6 Å². The molecule has 0 radical (unpaired) electrons. The first-order chi connectivity index (χ1) is 6.85. The van der Waals surface area contributed by atoms with E-state index in [0.717, 1.165) is 30.3 Å². The maximum atomic E-state index is 5.96. The summed E-state index contributed by atoms with van der Waals surface area (Å²) in [5.41, 5.74) is 7.86. The van der Waals surface area contributed by atoms with Gasteiger partial charge >= 0.3 is 0 Å². The van der Waals surface area contributed by atoms with Crippen LogP contribution in [0.4, 0.5) is 11.5 Å². The molecule has 1 heterocycles. The van der Waals surface area contributed by atoms with Crippen molar-refractivity contribution in [3.63, 3.8) is 0 Å². The van der Waals surface area contributed by atoms with Gasteiger partial charge in [0.1, 0.15) is 5.82 Å². The Morgan fingerprint density at radius 1 is 1.40 bits per heavy atom. The SMILES string of the molecule is CCn1nc(C)c(N)c1NCC(C)(C)C. The van der Waals surface area contributed by atoms with Crippen LogP contribution in [0.25, 0.3) is 0 Å². The van der Waals surface area contributed by atoms with E-state index in [1.54, 1.807) is 0 Å². The van der Waals surface area contributed by atoms with Crippen LogP contribution in [0.1, 0.15) is 33.4 Å². The van der Waals surface area contributed by atoms with Crippen LogP contribution in [0.2, 0.25) is 0 Å². The first-order valence-corrected chi connectivity index (χ1v) is 5.42. The van der Waals surface area contributed by atoms with E-state index in [1.807, 2.05) is 11.6 Å². The molecule has 4 heteroatoms. The third kappa shape index (κ3) is 2.88. The lowest BCUT2D eigenvalue weighted by Gasteiger charge is -2.20. The van der Waals surface area contributed by atoms with E-state index < -0.39 is 0 Å². The number of nitrogens with zero attached hydrogens (tertiary/aromatic N) is 2. The molecule has 3 N–H and O–H groups in total. The molecular weight excluding hydrogens is 188 g/mol. The highest BCUT2D eigenvalue weighted by atomic mass is 15.3. The Morgan fingerprint density at radius 3 is 2.47 bits per heavy atom. The second-order valence-electron chi connectivity index (χ2n) is 5.08. The summed E-state index contributed by atoms with van der Waals surface area (Å²) < 4.78 is 1.91. The molecule has 0 spiro atoms. The lowest BCUT2D eigenvalue weighted by Crippen LogP contribution is -2.21. The summed E-state index contributed by atoms with van der Waals surface area (Å²) in [7, 11) is 0. The molecule has 0 saturated heterocycles. The molecule has 0 aliphatic rings. The number of nitrogens with two attached hydrogens (primary N) is 1. The zero-order valence-electron chi connectivity index (χ0n) is 10.4. The molecule has 86 valence electrons. The number of anilines is 2. The summed E-state index contributed by atoms with van der Waals surface area (Å²) in [6, 6.07) is 0. The van der Waals surface area contributed by atoms with Crippen LogP contribution < -0.4 is 11.1 Å². The van der Waals surface area contributed by atoms with Crippen molar-refractivity contribution < 1.29 is 0 Å². The van der Waals surface area contributed by atoms with Gasteiger partial charge in [0.2, 0.25) is 0 Å². The van der Waals surface area contributed by atoms with Gasteiger partial charge in [-0.25, -0.2) is 4.68 Å². The zero-order chi connectivity index (χ0) is 11.6. The van der Waals surface area contributed by atoms with Crippen LogP contribution in [0.15, 0.2) is 0 Å². The number of aryl methyl sites for hydroxylation is 2. The van der Waals surface area contributed by atoms with Crippen LogP contribution in [0.3, 0.4) is 0 Å². The first kappa shape index (κ1) is 11.9. The van der Waals surface area contributed by atoms with Gasteiger partial charge in [-0.05, 0) is 19.3 Å². The molecule has 0 aliphatic heterocycles. The molecule has 15 heavy (non-hydrogen) atoms. The highest BCUT2D eigenvalue weighted by Crippen LogP contribution is 2.23. The highest BCUT2D eigenvalue weighted by Gasteiger charge is 2.15. The van der Waals surface area contributed by atoms with E-state index in [-0.39, 0.29) is 5.41 Å². The average Bonchev–Trinajstić information content (AvgIpc) is 2.39. The van der Waals surface area contributed by atoms with E-state index in [9.17, 15) is 0 Å². The van der Waals surface area contributed by atoms with Crippen LogP contribution in [0.5, 0.6) is 0 Å². The third-order valence-electron chi connectivity index (χ3n) is 2.26. The molecule has 0 atom stereocenters. The summed E-state index contributed by atoms with van der Waals surface area (Å²) in [5.74, 6) is 0.949. The molecule has 4 nitrogen and oxygen atoms in total. The second-order valence-corrected chi connectivity index (χ2v) is 5.08. The molecule has 1 aromatic rings. The fourth-order valence-corrected chi connectivity index (χ4v) is 1.36. The van der Waals surface area contributed by atoms with Gasteiger partial charge in [-0.3, -0.25) is 0 Å². The first-order valence-electron chi connectivity index (χ1n) is 5.42. The Bertz CT molecular complexity index is 333. The quantitative estimate of drug-likeness (QED) is 0.804. The Labute approximate surface area is 91.8 Å². The Kier molecular flexibility index (Phi) is 3.27. The molecule has 1 rings (SSSR count). The Hall–Kier alpha value is -1.19. The van der Waals surface area contributed by atoms with E-state index in [2.05, 4.69) is 38.1 Å². The molecular formula is C11H22N4. The van der Waals surface area contributed by atoms with Crippen molar-refractivity contribution in [1.82, 2.24) is 9.78 Å². The van der Waals surface area contributed by atoms with Gasteiger partial charge in [0.25, 0.3) is 0 Å². The minimum Gasteiger partial charge on any atom is -0.394 e. The molecule has 0 aliphatic carbocycles. The zero-order valence-corrected chi connectivity index (χ0v) is 10.4. The molecule has 0 fully saturated rings. The van der Waals surface area contributed by atoms with E-state index in [1.165, 1.54) is 0 Å². The topological polar surface area (TPSA) is 55.9 Å². The molecule has 0 bridgehead atoms. The number of nitrogens with one attached hydrogen (secondary N) is 1. The standard InChI is InChI=1S/C11H22N4/c1-6-15-10(9(12)8(2)14-15)13-7-11(3,4)5/h13H,6-7,12H2,1-5H3. The smallest absolute Gasteiger partial charge is 0.148 e. The van der Waals surface area contributed by atoms with Crippen molar-refractivity contribution in [2.45, 2.75) is 41.2 Å². The Balaban J connectivity index is 2.84. The van der Waals surface area contributed by atoms with Gasteiger partial charge in [0, 0.05) is 13.1 Å². The van der Waals surface area contributed by atoms with Gasteiger partial charge in [-0.2, -0.15) is 5.10 Å².